The Morgan fingerprint density at radius 2 is 1.71 bits per heavy atom. The van der Waals surface area contributed by atoms with Gasteiger partial charge in [0.25, 0.3) is 0 Å². The smallest absolute Gasteiger partial charge is 0.127 e. The van der Waals surface area contributed by atoms with Crippen LogP contribution in [0.2, 0.25) is 0 Å². The Balaban J connectivity index is 2.52. The molecule has 0 atom stereocenters. The van der Waals surface area contributed by atoms with Crippen LogP contribution in [0.1, 0.15) is 0 Å². The molecule has 2 nitrogen and oxygen atoms in total. The van der Waals surface area contributed by atoms with Crippen molar-refractivity contribution in [2.45, 2.75) is 0 Å². The van der Waals surface area contributed by atoms with E-state index < -0.39 is 5.82 Å². The molecule has 0 bridgehead atoms. The second-order valence-corrected chi connectivity index (χ2v) is 2.93. The quantitative estimate of drug-likeness (QED) is 0.747. The monoisotopic (exact) mass is 189 g/mol. The van der Waals surface area contributed by atoms with Gasteiger partial charge in [0.15, 0.2) is 0 Å². The van der Waals surface area contributed by atoms with Gasteiger partial charge in [0, 0.05) is 18.5 Å². The van der Waals surface area contributed by atoms with Gasteiger partial charge in [-0.25, -0.2) is 4.39 Å². The summed E-state index contributed by atoms with van der Waals surface area (Å²) < 4.78 is 12.9. The van der Waals surface area contributed by atoms with Gasteiger partial charge in [0.2, 0.25) is 0 Å². The van der Waals surface area contributed by atoms with Crippen LogP contribution in [-0.4, -0.2) is 10.1 Å². The van der Waals surface area contributed by atoms with Crippen LogP contribution in [0.15, 0.2) is 42.7 Å². The maximum absolute atomic E-state index is 12.9. The Bertz CT molecular complexity index is 422. The van der Waals surface area contributed by atoms with Gasteiger partial charge in [-0.15, -0.1) is 0 Å². The minimum atomic E-state index is -0.447. The zero-order valence-corrected chi connectivity index (χ0v) is 7.31. The second kappa shape index (κ2) is 3.46. The summed E-state index contributed by atoms with van der Waals surface area (Å²) in [4.78, 5) is 3.86. The predicted molar refractivity (Wildman–Crippen MR) is 51.3 cm³/mol. The van der Waals surface area contributed by atoms with Crippen molar-refractivity contribution in [3.63, 3.8) is 0 Å². The van der Waals surface area contributed by atoms with Crippen molar-refractivity contribution >= 4 is 0 Å². The molecule has 0 unspecified atom stereocenters. The van der Waals surface area contributed by atoms with Gasteiger partial charge in [-0.05, 0) is 35.4 Å². The molecule has 0 aliphatic heterocycles. The molecule has 0 saturated heterocycles. The molecule has 1 heterocycles. The molecule has 0 aliphatic rings. The molecule has 14 heavy (non-hydrogen) atoms. The number of nitrogens with zero attached hydrogens (tertiary/aromatic N) is 1. The minimum Gasteiger partial charge on any atom is -0.508 e. The van der Waals surface area contributed by atoms with Gasteiger partial charge in [-0.2, -0.15) is 0 Å². The highest BCUT2D eigenvalue weighted by molar-refractivity contribution is 5.64. The lowest BCUT2D eigenvalue weighted by molar-refractivity contribution is 0.469. The zero-order valence-electron chi connectivity index (χ0n) is 7.31. The minimum absolute atomic E-state index is 0.0724. The van der Waals surface area contributed by atoms with Gasteiger partial charge in [-0.3, -0.25) is 4.98 Å². The summed E-state index contributed by atoms with van der Waals surface area (Å²) >= 11 is 0. The third-order valence-electron chi connectivity index (χ3n) is 1.90. The molecule has 1 aromatic heterocycles. The molecule has 0 spiro atoms. The van der Waals surface area contributed by atoms with Crippen LogP contribution in [-0.2, 0) is 0 Å². The van der Waals surface area contributed by atoms with Crippen molar-refractivity contribution in [2.24, 2.45) is 0 Å². The van der Waals surface area contributed by atoms with Gasteiger partial charge in [-0.1, -0.05) is 0 Å². The number of hydrogen-bond donors (Lipinski definition) is 1. The van der Waals surface area contributed by atoms with E-state index in [1.54, 1.807) is 24.5 Å². The van der Waals surface area contributed by atoms with Crippen molar-refractivity contribution in [3.05, 3.63) is 48.5 Å². The molecule has 1 N–H and O–H groups in total. The molecule has 0 radical (unpaired) electrons. The van der Waals surface area contributed by atoms with E-state index in [1.807, 2.05) is 0 Å². The standard InChI is InChI=1S/C11H8FNO/c12-10-5-9(6-11(14)7-10)8-1-3-13-4-2-8/h1-7,14H. The van der Waals surface area contributed by atoms with Crippen LogP contribution in [0.4, 0.5) is 4.39 Å². The van der Waals surface area contributed by atoms with Gasteiger partial charge < -0.3 is 5.11 Å². The average molecular weight is 189 g/mol. The number of pyridine rings is 1. The van der Waals surface area contributed by atoms with E-state index in [1.165, 1.54) is 12.1 Å². The van der Waals surface area contributed by atoms with Gasteiger partial charge >= 0.3 is 0 Å². The number of phenols is 1. The highest BCUT2D eigenvalue weighted by Gasteiger charge is 2.01. The van der Waals surface area contributed by atoms with E-state index in [4.69, 9.17) is 0 Å². The zero-order chi connectivity index (χ0) is 9.97. The number of hydrogen-bond acceptors (Lipinski definition) is 2. The molecule has 70 valence electrons. The normalized spacial score (nSPS) is 10.1. The van der Waals surface area contributed by atoms with Crippen LogP contribution in [0.5, 0.6) is 5.75 Å². The number of aromatic hydroxyl groups is 1. The third kappa shape index (κ3) is 1.71. The van der Waals surface area contributed by atoms with Crippen molar-refractivity contribution < 1.29 is 9.50 Å². The Labute approximate surface area is 80.7 Å². The van der Waals surface area contributed by atoms with Gasteiger partial charge in [0.05, 0.1) is 0 Å². The Kier molecular flexibility index (Phi) is 2.14. The first-order valence-corrected chi connectivity index (χ1v) is 4.16. The highest BCUT2D eigenvalue weighted by atomic mass is 19.1. The maximum Gasteiger partial charge on any atom is 0.127 e. The second-order valence-electron chi connectivity index (χ2n) is 2.93. The Hall–Kier alpha value is -1.90. The highest BCUT2D eigenvalue weighted by Crippen LogP contribution is 2.23. The van der Waals surface area contributed by atoms with Crippen molar-refractivity contribution in [2.75, 3.05) is 0 Å². The van der Waals surface area contributed by atoms with Crippen LogP contribution in [0, 0.1) is 5.82 Å². The van der Waals surface area contributed by atoms with Crippen molar-refractivity contribution in [1.29, 1.82) is 0 Å². The maximum atomic E-state index is 12.9. The van der Waals surface area contributed by atoms with Crippen LogP contribution in [0.25, 0.3) is 11.1 Å². The molecule has 3 heteroatoms. The number of phenolic OH excluding ortho intramolecular Hbond substituents is 1. The van der Waals surface area contributed by atoms with E-state index in [2.05, 4.69) is 4.98 Å². The SMILES string of the molecule is Oc1cc(F)cc(-c2ccncc2)c1. The van der Waals surface area contributed by atoms with E-state index in [9.17, 15) is 9.50 Å². The molecule has 1 aromatic carbocycles. The number of halogens is 1. The molecular weight excluding hydrogens is 181 g/mol. The fourth-order valence-electron chi connectivity index (χ4n) is 1.29. The first-order chi connectivity index (χ1) is 6.75. The Morgan fingerprint density at radius 1 is 1.00 bits per heavy atom. The van der Waals surface area contributed by atoms with E-state index in [0.717, 1.165) is 11.6 Å². The molecular formula is C11H8FNO. The summed E-state index contributed by atoms with van der Waals surface area (Å²) in [5.74, 6) is -0.520. The average Bonchev–Trinajstić information content (AvgIpc) is 2.18. The molecule has 2 rings (SSSR count). The van der Waals surface area contributed by atoms with E-state index >= 15 is 0 Å². The predicted octanol–water partition coefficient (Wildman–Crippen LogP) is 2.59. The third-order valence-corrected chi connectivity index (χ3v) is 1.90. The lowest BCUT2D eigenvalue weighted by Crippen LogP contribution is -1.81. The summed E-state index contributed by atoms with van der Waals surface area (Å²) in [5, 5.41) is 9.20. The van der Waals surface area contributed by atoms with Crippen molar-refractivity contribution in [3.8, 4) is 16.9 Å². The molecule has 0 fully saturated rings. The summed E-state index contributed by atoms with van der Waals surface area (Å²) in [6.45, 7) is 0. The topological polar surface area (TPSA) is 33.1 Å². The summed E-state index contributed by atoms with van der Waals surface area (Å²) in [7, 11) is 0. The fourth-order valence-corrected chi connectivity index (χ4v) is 1.29. The number of rotatable bonds is 1. The van der Waals surface area contributed by atoms with Crippen LogP contribution >= 0.6 is 0 Å². The summed E-state index contributed by atoms with van der Waals surface area (Å²) in [5.41, 5.74) is 1.47. The lowest BCUT2D eigenvalue weighted by Gasteiger charge is -2.01. The van der Waals surface area contributed by atoms with Crippen molar-refractivity contribution in [1.82, 2.24) is 4.98 Å². The molecule has 0 saturated carbocycles. The van der Waals surface area contributed by atoms with Gasteiger partial charge in [0.1, 0.15) is 11.6 Å². The number of aromatic nitrogens is 1. The first kappa shape index (κ1) is 8.69. The summed E-state index contributed by atoms with van der Waals surface area (Å²) in [6.07, 6.45) is 3.24. The molecule has 0 amide bonds. The summed E-state index contributed by atoms with van der Waals surface area (Å²) in [6, 6.07) is 7.47. The molecule has 0 aliphatic carbocycles. The number of benzene rings is 1. The largest absolute Gasteiger partial charge is 0.508 e. The van der Waals surface area contributed by atoms with Crippen LogP contribution in [0.3, 0.4) is 0 Å². The lowest BCUT2D eigenvalue weighted by atomic mass is 10.1. The first-order valence-electron chi connectivity index (χ1n) is 4.16. The van der Waals surface area contributed by atoms with E-state index in [-0.39, 0.29) is 5.75 Å². The Morgan fingerprint density at radius 3 is 2.36 bits per heavy atom. The van der Waals surface area contributed by atoms with Crippen LogP contribution < -0.4 is 0 Å². The van der Waals surface area contributed by atoms with E-state index in [0.29, 0.717) is 5.56 Å². The fraction of sp³-hybridized carbons (Fsp3) is 0. The molecule has 2 aromatic rings.